The molecule has 5 rings (SSSR count). The molecule has 2 fully saturated rings. The van der Waals surface area contributed by atoms with E-state index in [0.717, 1.165) is 31.5 Å². The summed E-state index contributed by atoms with van der Waals surface area (Å²) in [5, 5.41) is 12.5. The van der Waals surface area contributed by atoms with Gasteiger partial charge < -0.3 is 10.2 Å². The molecule has 1 unspecified atom stereocenters. The Kier molecular flexibility index (Phi) is 5.84. The fourth-order valence-corrected chi connectivity index (χ4v) is 4.67. The van der Waals surface area contributed by atoms with Crippen LogP contribution in [0.1, 0.15) is 40.7 Å². The van der Waals surface area contributed by atoms with E-state index in [0.29, 0.717) is 40.8 Å². The van der Waals surface area contributed by atoms with Crippen LogP contribution in [0.15, 0.2) is 55.0 Å². The number of hydrogen-bond donors (Lipinski definition) is 1. The minimum Gasteiger partial charge on any atom is -0.368 e. The molecule has 1 saturated heterocycles. The molecule has 0 bridgehead atoms. The molecule has 3 aromatic rings. The van der Waals surface area contributed by atoms with Gasteiger partial charge in [-0.05, 0) is 61.6 Å². The molecule has 7 nitrogen and oxygen atoms in total. The number of benzene rings is 1. The molecule has 178 valence electrons. The molecule has 2 aromatic heterocycles. The number of nitriles is 1. The van der Waals surface area contributed by atoms with Gasteiger partial charge in [-0.3, -0.25) is 4.79 Å². The molecule has 0 spiro atoms. The van der Waals surface area contributed by atoms with Crippen LogP contribution in [0.4, 0.5) is 19.0 Å². The third-order valence-electron chi connectivity index (χ3n) is 6.54. The van der Waals surface area contributed by atoms with Gasteiger partial charge in [0, 0.05) is 42.8 Å². The lowest BCUT2D eigenvalue weighted by Gasteiger charge is -2.36. The van der Waals surface area contributed by atoms with Crippen LogP contribution in [0.25, 0.3) is 11.4 Å². The zero-order valence-corrected chi connectivity index (χ0v) is 18.5. The number of halogens is 3. The molecule has 1 aliphatic carbocycles. The number of piperidine rings is 1. The molecule has 10 heteroatoms. The van der Waals surface area contributed by atoms with Crippen molar-refractivity contribution in [2.75, 3.05) is 11.9 Å². The van der Waals surface area contributed by atoms with Crippen LogP contribution >= 0.6 is 0 Å². The number of aromatic nitrogens is 3. The number of hydrogen-bond acceptors (Lipinski definition) is 6. The third kappa shape index (κ3) is 4.67. The molecule has 3 atom stereocenters. The van der Waals surface area contributed by atoms with Gasteiger partial charge >= 0.3 is 6.18 Å². The summed E-state index contributed by atoms with van der Waals surface area (Å²) in [6, 6.07) is 10.9. The molecule has 1 aliphatic heterocycles. The summed E-state index contributed by atoms with van der Waals surface area (Å²) in [6.45, 7) is 0.350. The van der Waals surface area contributed by atoms with Gasteiger partial charge in [0.25, 0.3) is 5.91 Å². The van der Waals surface area contributed by atoms with Crippen LogP contribution in [0.5, 0.6) is 0 Å². The Labute approximate surface area is 199 Å². The lowest BCUT2D eigenvalue weighted by Crippen LogP contribution is -2.48. The van der Waals surface area contributed by atoms with Crippen LogP contribution in [-0.4, -0.2) is 44.4 Å². The smallest absolute Gasteiger partial charge is 0.368 e. The van der Waals surface area contributed by atoms with Gasteiger partial charge in [0.1, 0.15) is 5.82 Å². The highest BCUT2D eigenvalue weighted by molar-refractivity contribution is 6.01. The second-order valence-corrected chi connectivity index (χ2v) is 8.76. The summed E-state index contributed by atoms with van der Waals surface area (Å²) < 4.78 is 38.5. The molecule has 35 heavy (non-hydrogen) atoms. The van der Waals surface area contributed by atoms with Gasteiger partial charge in [-0.25, -0.2) is 15.0 Å². The van der Waals surface area contributed by atoms with Crippen molar-refractivity contribution in [3.8, 4) is 17.5 Å². The summed E-state index contributed by atoms with van der Waals surface area (Å²) in [7, 11) is 0. The first-order valence-corrected chi connectivity index (χ1v) is 11.3. The number of nitrogens with zero attached hydrogens (tertiary/aromatic N) is 5. The number of nitrogens with one attached hydrogen (secondary N) is 1. The Morgan fingerprint density at radius 3 is 2.63 bits per heavy atom. The maximum atomic E-state index is 13.9. The van der Waals surface area contributed by atoms with E-state index in [4.69, 9.17) is 0 Å². The number of anilines is 1. The predicted molar refractivity (Wildman–Crippen MR) is 121 cm³/mol. The highest BCUT2D eigenvalue weighted by atomic mass is 19.4. The van der Waals surface area contributed by atoms with Crippen LogP contribution < -0.4 is 5.32 Å². The maximum Gasteiger partial charge on any atom is 0.417 e. The Balaban J connectivity index is 1.40. The van der Waals surface area contributed by atoms with E-state index < -0.39 is 11.7 Å². The fraction of sp³-hybridized carbons (Fsp3) is 0.320. The van der Waals surface area contributed by atoms with Crippen molar-refractivity contribution < 1.29 is 18.0 Å². The van der Waals surface area contributed by atoms with Gasteiger partial charge in [-0.2, -0.15) is 18.4 Å². The summed E-state index contributed by atoms with van der Waals surface area (Å²) in [5.41, 5.74) is 0.460. The number of carbonyl (C=O) groups excluding carboxylic acids is 1. The summed E-state index contributed by atoms with van der Waals surface area (Å²) in [6.07, 6.45) is 2.19. The van der Waals surface area contributed by atoms with E-state index in [-0.39, 0.29) is 18.0 Å². The van der Waals surface area contributed by atoms with E-state index in [1.54, 1.807) is 36.7 Å². The maximum absolute atomic E-state index is 13.9. The average molecular weight is 478 g/mol. The number of carbonyl (C=O) groups is 1. The number of rotatable bonds is 5. The zero-order chi connectivity index (χ0) is 24.6. The number of alkyl halides is 3. The molecule has 1 amide bonds. The van der Waals surface area contributed by atoms with E-state index in [1.807, 2.05) is 4.90 Å². The highest BCUT2D eigenvalue weighted by Gasteiger charge is 2.50. The van der Waals surface area contributed by atoms with Crippen molar-refractivity contribution in [3.05, 3.63) is 71.7 Å². The van der Waals surface area contributed by atoms with Crippen molar-refractivity contribution in [1.29, 1.82) is 5.26 Å². The van der Waals surface area contributed by atoms with E-state index in [1.165, 1.54) is 6.07 Å². The van der Waals surface area contributed by atoms with Gasteiger partial charge in [0.2, 0.25) is 0 Å². The van der Waals surface area contributed by atoms with Gasteiger partial charge in [0.05, 0.1) is 22.8 Å². The van der Waals surface area contributed by atoms with Crippen molar-refractivity contribution >= 4 is 11.7 Å². The summed E-state index contributed by atoms with van der Waals surface area (Å²) in [5.74, 6) is 0.945. The lowest BCUT2D eigenvalue weighted by molar-refractivity contribution is -0.137. The quantitative estimate of drug-likeness (QED) is 0.579. The van der Waals surface area contributed by atoms with E-state index >= 15 is 0 Å². The van der Waals surface area contributed by atoms with Gasteiger partial charge in [0.15, 0.2) is 5.82 Å². The van der Waals surface area contributed by atoms with E-state index in [2.05, 4.69) is 26.3 Å². The minimum absolute atomic E-state index is 0.0962. The predicted octanol–water partition coefficient (Wildman–Crippen LogP) is 4.53. The van der Waals surface area contributed by atoms with Crippen molar-refractivity contribution in [2.24, 2.45) is 5.92 Å². The van der Waals surface area contributed by atoms with Crippen molar-refractivity contribution in [3.63, 3.8) is 0 Å². The third-order valence-corrected chi connectivity index (χ3v) is 6.54. The SMILES string of the molecule is N#Cc1ccc(-c2ncccn2)c(C(=O)N2C3C[C@H]3CC[C@H]2CNc2ccc(C(F)(F)F)cn2)c1. The first-order valence-electron chi connectivity index (χ1n) is 11.3. The number of likely N-dealkylation sites (tertiary alicyclic amines) is 1. The molecular formula is C25H21F3N6O. The lowest BCUT2D eigenvalue weighted by atomic mass is 9.97. The second-order valence-electron chi connectivity index (χ2n) is 8.76. The van der Waals surface area contributed by atoms with Crippen LogP contribution in [0, 0.1) is 17.2 Å². The topological polar surface area (TPSA) is 94.8 Å². The largest absolute Gasteiger partial charge is 0.417 e. The molecular weight excluding hydrogens is 457 g/mol. The van der Waals surface area contributed by atoms with Crippen LogP contribution in [0.2, 0.25) is 0 Å². The fourth-order valence-electron chi connectivity index (χ4n) is 4.67. The Morgan fingerprint density at radius 2 is 1.94 bits per heavy atom. The molecule has 1 saturated carbocycles. The number of pyridine rings is 1. The molecule has 1 aromatic carbocycles. The first-order chi connectivity index (χ1) is 16.8. The number of fused-ring (bicyclic) bond motifs is 1. The first kappa shape index (κ1) is 22.8. The van der Waals surface area contributed by atoms with Crippen molar-refractivity contribution in [2.45, 2.75) is 37.5 Å². The van der Waals surface area contributed by atoms with Gasteiger partial charge in [-0.1, -0.05) is 0 Å². The highest BCUT2D eigenvalue weighted by Crippen LogP contribution is 2.46. The molecule has 3 heterocycles. The monoisotopic (exact) mass is 478 g/mol. The summed E-state index contributed by atoms with van der Waals surface area (Å²) in [4.78, 5) is 28.2. The molecule has 1 N–H and O–H groups in total. The van der Waals surface area contributed by atoms with Gasteiger partial charge in [-0.15, -0.1) is 0 Å². The van der Waals surface area contributed by atoms with Crippen molar-refractivity contribution in [1.82, 2.24) is 19.9 Å². The normalized spacial score (nSPS) is 21.1. The van der Waals surface area contributed by atoms with Crippen LogP contribution in [-0.2, 0) is 6.18 Å². The van der Waals surface area contributed by atoms with E-state index in [9.17, 15) is 23.2 Å². The van der Waals surface area contributed by atoms with Crippen LogP contribution in [0.3, 0.4) is 0 Å². The standard InChI is InChI=1S/C25H21F3N6O/c26-25(27,28)17-4-7-22(32-13-17)33-14-18-5-3-16-11-21(16)34(18)24(35)20-10-15(12-29)2-6-19(20)23-30-8-1-9-31-23/h1-2,4,6-10,13,16,18,21H,3,5,11,14H2,(H,32,33)/t16-,18+,21?/m1/s1. The number of amides is 1. The Morgan fingerprint density at radius 1 is 1.14 bits per heavy atom. The summed E-state index contributed by atoms with van der Waals surface area (Å²) >= 11 is 0. The zero-order valence-electron chi connectivity index (χ0n) is 18.5. The minimum atomic E-state index is -4.45. The Bertz CT molecular complexity index is 1270. The molecule has 2 aliphatic rings. The Hall–Kier alpha value is -4.00. The molecule has 0 radical (unpaired) electrons. The second kappa shape index (κ2) is 8.98. The average Bonchev–Trinajstić information content (AvgIpc) is 3.66.